The van der Waals surface area contributed by atoms with Gasteiger partial charge in [0.05, 0.1) is 12.0 Å². The minimum Gasteiger partial charge on any atom is -0.493 e. The third-order valence-electron chi connectivity index (χ3n) is 5.13. The number of methoxy groups -OCH3 is 1. The SMILES string of the molecule is C=CCOc1ccc(/C=C2\SC(=O)N(CC(=O)N3CCCC[C@H]3C)C2=O)cc1OC. The van der Waals surface area contributed by atoms with E-state index in [9.17, 15) is 14.4 Å². The first kappa shape index (κ1) is 22.0. The van der Waals surface area contributed by atoms with Gasteiger partial charge in [0, 0.05) is 12.6 Å². The van der Waals surface area contributed by atoms with Gasteiger partial charge in [0.15, 0.2) is 11.5 Å². The molecule has 0 N–H and O–H groups in total. The van der Waals surface area contributed by atoms with Gasteiger partial charge >= 0.3 is 0 Å². The van der Waals surface area contributed by atoms with E-state index in [0.29, 0.717) is 30.2 Å². The zero-order valence-electron chi connectivity index (χ0n) is 17.3. The van der Waals surface area contributed by atoms with Crippen LogP contribution in [0.2, 0.25) is 0 Å². The Balaban J connectivity index is 1.73. The zero-order valence-corrected chi connectivity index (χ0v) is 18.1. The minimum atomic E-state index is -0.450. The zero-order chi connectivity index (χ0) is 21.7. The molecule has 2 aliphatic heterocycles. The fourth-order valence-corrected chi connectivity index (χ4v) is 4.36. The fourth-order valence-electron chi connectivity index (χ4n) is 3.52. The molecule has 30 heavy (non-hydrogen) atoms. The number of benzene rings is 1. The molecule has 0 aliphatic carbocycles. The maximum Gasteiger partial charge on any atom is 0.294 e. The van der Waals surface area contributed by atoms with Gasteiger partial charge in [-0.15, -0.1) is 0 Å². The van der Waals surface area contributed by atoms with Crippen molar-refractivity contribution in [2.45, 2.75) is 32.2 Å². The number of piperidine rings is 1. The summed E-state index contributed by atoms with van der Waals surface area (Å²) in [6.07, 6.45) is 6.25. The molecule has 0 unspecified atom stereocenters. The molecule has 1 aromatic carbocycles. The standard InChI is InChI=1S/C22H26N2O5S/c1-4-11-29-17-9-8-16(12-18(17)28-3)13-19-21(26)24(22(27)30-19)14-20(25)23-10-6-5-7-15(23)2/h4,8-9,12-13,15H,1,5-7,10-11,14H2,2-3H3/b19-13-/t15-/m1/s1. The molecule has 8 heteroatoms. The summed E-state index contributed by atoms with van der Waals surface area (Å²) in [6, 6.07) is 5.37. The summed E-state index contributed by atoms with van der Waals surface area (Å²) in [5, 5.41) is -0.429. The summed E-state index contributed by atoms with van der Waals surface area (Å²) in [5.41, 5.74) is 0.694. The summed E-state index contributed by atoms with van der Waals surface area (Å²) in [7, 11) is 1.53. The normalized spacial score (nSPS) is 20.6. The highest BCUT2D eigenvalue weighted by Gasteiger charge is 2.37. The van der Waals surface area contributed by atoms with Crippen LogP contribution < -0.4 is 9.47 Å². The molecule has 7 nitrogen and oxygen atoms in total. The number of carbonyl (C=O) groups is 3. The van der Waals surface area contributed by atoms with Crippen LogP contribution in [0.1, 0.15) is 31.7 Å². The highest BCUT2D eigenvalue weighted by atomic mass is 32.2. The number of hydrogen-bond donors (Lipinski definition) is 0. The van der Waals surface area contributed by atoms with Crippen LogP contribution in [0.4, 0.5) is 4.79 Å². The molecule has 0 saturated carbocycles. The van der Waals surface area contributed by atoms with E-state index in [1.807, 2.05) is 6.92 Å². The topological polar surface area (TPSA) is 76.2 Å². The summed E-state index contributed by atoms with van der Waals surface area (Å²) in [5.74, 6) is 0.438. The lowest BCUT2D eigenvalue weighted by atomic mass is 10.0. The number of ether oxygens (including phenoxy) is 2. The Bertz CT molecular complexity index is 882. The van der Waals surface area contributed by atoms with Crippen LogP contribution in [0.15, 0.2) is 35.8 Å². The molecule has 0 bridgehead atoms. The summed E-state index contributed by atoms with van der Waals surface area (Å²) < 4.78 is 10.9. The third-order valence-corrected chi connectivity index (χ3v) is 6.04. The Morgan fingerprint density at radius 1 is 1.30 bits per heavy atom. The van der Waals surface area contributed by atoms with E-state index in [0.717, 1.165) is 35.9 Å². The van der Waals surface area contributed by atoms with Crippen molar-refractivity contribution in [2.75, 3.05) is 26.8 Å². The number of amides is 3. The number of rotatable bonds is 7. The Labute approximate surface area is 180 Å². The monoisotopic (exact) mass is 430 g/mol. The maximum atomic E-state index is 12.8. The van der Waals surface area contributed by atoms with Crippen LogP contribution in [-0.2, 0) is 9.59 Å². The van der Waals surface area contributed by atoms with Crippen molar-refractivity contribution in [3.63, 3.8) is 0 Å². The van der Waals surface area contributed by atoms with Crippen LogP contribution in [0.25, 0.3) is 6.08 Å². The molecule has 2 saturated heterocycles. The van der Waals surface area contributed by atoms with E-state index >= 15 is 0 Å². The molecule has 0 radical (unpaired) electrons. The Morgan fingerprint density at radius 2 is 2.10 bits per heavy atom. The van der Waals surface area contributed by atoms with Crippen molar-refractivity contribution in [2.24, 2.45) is 0 Å². The Kier molecular flexibility index (Phi) is 7.20. The Morgan fingerprint density at radius 3 is 2.80 bits per heavy atom. The van der Waals surface area contributed by atoms with Gasteiger partial charge in [-0.1, -0.05) is 18.7 Å². The molecule has 3 rings (SSSR count). The van der Waals surface area contributed by atoms with Gasteiger partial charge in [0.1, 0.15) is 13.2 Å². The van der Waals surface area contributed by atoms with Crippen LogP contribution in [-0.4, -0.2) is 59.7 Å². The number of carbonyl (C=O) groups excluding carboxylic acids is 3. The first-order valence-electron chi connectivity index (χ1n) is 9.91. The van der Waals surface area contributed by atoms with Gasteiger partial charge in [-0.05, 0) is 61.7 Å². The first-order chi connectivity index (χ1) is 14.4. The molecule has 0 aromatic heterocycles. The predicted octanol–water partition coefficient (Wildman–Crippen LogP) is 3.70. The van der Waals surface area contributed by atoms with E-state index in [1.165, 1.54) is 7.11 Å². The van der Waals surface area contributed by atoms with Crippen molar-refractivity contribution in [3.05, 3.63) is 41.3 Å². The maximum absolute atomic E-state index is 12.8. The summed E-state index contributed by atoms with van der Waals surface area (Å²) in [4.78, 5) is 40.9. The van der Waals surface area contributed by atoms with Crippen molar-refractivity contribution in [1.29, 1.82) is 0 Å². The van der Waals surface area contributed by atoms with E-state index < -0.39 is 11.1 Å². The second-order valence-electron chi connectivity index (χ2n) is 7.21. The van der Waals surface area contributed by atoms with E-state index in [2.05, 4.69) is 6.58 Å². The van der Waals surface area contributed by atoms with Gasteiger partial charge in [0.2, 0.25) is 5.91 Å². The van der Waals surface area contributed by atoms with Gasteiger partial charge in [-0.3, -0.25) is 19.3 Å². The van der Waals surface area contributed by atoms with E-state index in [1.54, 1.807) is 35.3 Å². The van der Waals surface area contributed by atoms with Crippen LogP contribution in [0.5, 0.6) is 11.5 Å². The quantitative estimate of drug-likeness (QED) is 0.485. The largest absolute Gasteiger partial charge is 0.493 e. The van der Waals surface area contributed by atoms with Crippen molar-refractivity contribution in [1.82, 2.24) is 9.80 Å². The lowest BCUT2D eigenvalue weighted by molar-refractivity contribution is -0.138. The van der Waals surface area contributed by atoms with Gasteiger partial charge in [0.25, 0.3) is 11.1 Å². The predicted molar refractivity (Wildman–Crippen MR) is 116 cm³/mol. The minimum absolute atomic E-state index is 0.135. The van der Waals surface area contributed by atoms with E-state index in [4.69, 9.17) is 9.47 Å². The number of likely N-dealkylation sites (tertiary alicyclic amines) is 1. The molecule has 160 valence electrons. The van der Waals surface area contributed by atoms with Crippen molar-refractivity contribution < 1.29 is 23.9 Å². The molecular formula is C22H26N2O5S. The lowest BCUT2D eigenvalue weighted by Gasteiger charge is -2.34. The molecule has 2 fully saturated rings. The highest BCUT2D eigenvalue weighted by Crippen LogP contribution is 2.34. The molecule has 2 heterocycles. The van der Waals surface area contributed by atoms with E-state index in [-0.39, 0.29) is 23.4 Å². The lowest BCUT2D eigenvalue weighted by Crippen LogP contribution is -2.47. The van der Waals surface area contributed by atoms with Crippen LogP contribution in [0, 0.1) is 0 Å². The number of thioether (sulfide) groups is 1. The average molecular weight is 431 g/mol. The molecule has 2 aliphatic rings. The molecule has 1 atom stereocenters. The second-order valence-corrected chi connectivity index (χ2v) is 8.20. The van der Waals surface area contributed by atoms with Gasteiger partial charge in [-0.2, -0.15) is 0 Å². The van der Waals surface area contributed by atoms with Crippen molar-refractivity contribution >= 4 is 34.9 Å². The number of nitrogens with zero attached hydrogens (tertiary/aromatic N) is 2. The van der Waals surface area contributed by atoms with Gasteiger partial charge in [-0.25, -0.2) is 0 Å². The average Bonchev–Trinajstić information content (AvgIpc) is 3.00. The molecule has 1 aromatic rings. The highest BCUT2D eigenvalue weighted by molar-refractivity contribution is 8.18. The molecule has 0 spiro atoms. The summed E-state index contributed by atoms with van der Waals surface area (Å²) in [6.45, 7) is 6.42. The smallest absolute Gasteiger partial charge is 0.294 e. The third kappa shape index (κ3) is 4.87. The fraction of sp³-hybridized carbons (Fsp3) is 0.409. The van der Waals surface area contributed by atoms with Gasteiger partial charge < -0.3 is 14.4 Å². The summed E-state index contributed by atoms with van der Waals surface area (Å²) >= 11 is 0.840. The first-order valence-corrected chi connectivity index (χ1v) is 10.7. The number of imide groups is 1. The molecular weight excluding hydrogens is 404 g/mol. The number of hydrogen-bond acceptors (Lipinski definition) is 6. The van der Waals surface area contributed by atoms with Crippen LogP contribution in [0.3, 0.4) is 0 Å². The van der Waals surface area contributed by atoms with Crippen LogP contribution >= 0.6 is 11.8 Å². The second kappa shape index (κ2) is 9.84. The Hall–Kier alpha value is -2.74. The molecule has 3 amide bonds. The van der Waals surface area contributed by atoms with Crippen molar-refractivity contribution in [3.8, 4) is 11.5 Å².